The van der Waals surface area contributed by atoms with E-state index in [2.05, 4.69) is 9.80 Å². The maximum atomic E-state index is 14.2. The molecule has 0 radical (unpaired) electrons. The van der Waals surface area contributed by atoms with Crippen molar-refractivity contribution < 1.29 is 31.5 Å². The number of carbonyl (C=O) groups is 2. The number of piperidine rings is 2. The second-order valence-corrected chi connectivity index (χ2v) is 13.9. The Hall–Kier alpha value is -2.35. The number of likely N-dealkylation sites (N-methyl/N-ethyl adjacent to an activating group) is 1. The van der Waals surface area contributed by atoms with Gasteiger partial charge in [-0.2, -0.15) is 0 Å². The summed E-state index contributed by atoms with van der Waals surface area (Å²) in [4.78, 5) is 32.6. The molecule has 3 fully saturated rings. The lowest BCUT2D eigenvalue weighted by atomic mass is 9.78. The van der Waals surface area contributed by atoms with Crippen LogP contribution in [0.4, 0.5) is 13.6 Å². The van der Waals surface area contributed by atoms with Gasteiger partial charge in [-0.05, 0) is 68.2 Å². The first-order valence-corrected chi connectivity index (χ1v) is 16.7. The number of hydrogen-bond acceptors (Lipinski definition) is 7. The summed E-state index contributed by atoms with van der Waals surface area (Å²) in [5.41, 5.74) is 0.637. The Morgan fingerprint density at radius 3 is 2.07 bits per heavy atom. The fraction of sp³-hybridized carbons (Fsp3) is 0.724. The average molecular weight is 614 g/mol. The highest BCUT2D eigenvalue weighted by atomic mass is 32.2. The second kappa shape index (κ2) is 14.4. The minimum absolute atomic E-state index is 0.0708. The van der Waals surface area contributed by atoms with Crippen molar-refractivity contribution in [2.24, 2.45) is 5.92 Å². The highest BCUT2D eigenvalue weighted by Crippen LogP contribution is 2.37. The Balaban J connectivity index is 1.27. The molecular formula is C29H45F2N5O5S. The Bertz CT molecular complexity index is 1160. The average Bonchev–Trinajstić information content (AvgIpc) is 2.96. The maximum Gasteiger partial charge on any atom is 0.409 e. The number of likely N-dealkylation sites (tertiary alicyclic amines) is 1. The van der Waals surface area contributed by atoms with Crippen LogP contribution in [0.5, 0.6) is 0 Å². The Kier molecular flexibility index (Phi) is 11.2. The quantitative estimate of drug-likeness (QED) is 0.423. The van der Waals surface area contributed by atoms with Crippen LogP contribution < -0.4 is 0 Å². The highest BCUT2D eigenvalue weighted by molar-refractivity contribution is 7.88. The Morgan fingerprint density at radius 2 is 1.52 bits per heavy atom. The maximum absolute atomic E-state index is 14.2. The fourth-order valence-electron chi connectivity index (χ4n) is 6.65. The van der Waals surface area contributed by atoms with E-state index in [0.717, 1.165) is 45.0 Å². The number of amides is 2. The SMILES string of the molecule is COC(=O)N1CCN(CC(=O)N(C)C2CCN(CCC(c3cc(F)cc(F)c3)C3CCN(S(C)(=O)=O)CC3)CC2)CC1. The van der Waals surface area contributed by atoms with Crippen molar-refractivity contribution in [2.75, 3.05) is 85.9 Å². The summed E-state index contributed by atoms with van der Waals surface area (Å²) in [7, 11) is -0.0242. The highest BCUT2D eigenvalue weighted by Gasteiger charge is 2.33. The molecule has 1 atom stereocenters. The van der Waals surface area contributed by atoms with E-state index in [0.29, 0.717) is 64.2 Å². The molecule has 1 aromatic carbocycles. The van der Waals surface area contributed by atoms with E-state index in [4.69, 9.17) is 4.74 Å². The largest absolute Gasteiger partial charge is 0.453 e. The molecule has 10 nitrogen and oxygen atoms in total. The first kappa shape index (κ1) is 32.6. The fourth-order valence-corrected chi connectivity index (χ4v) is 7.52. The molecular weight excluding hydrogens is 568 g/mol. The molecule has 0 saturated carbocycles. The standard InChI is InChI=1S/C29H45F2N5O5S/c1-32(28(37)21-34-14-16-35(17-15-34)29(38)41-2)26-6-9-33(10-7-26)11-8-27(23-18-24(30)20-25(31)19-23)22-4-12-36(13-5-22)42(3,39)40/h18-20,22,26-27H,4-17,21H2,1-3H3. The predicted octanol–water partition coefficient (Wildman–Crippen LogP) is 2.42. The number of sulfonamides is 1. The molecule has 3 saturated heterocycles. The number of nitrogens with zero attached hydrogens (tertiary/aromatic N) is 5. The number of halogens is 2. The van der Waals surface area contributed by atoms with Gasteiger partial charge in [-0.15, -0.1) is 0 Å². The predicted molar refractivity (Wildman–Crippen MR) is 156 cm³/mol. The van der Waals surface area contributed by atoms with Crippen molar-refractivity contribution in [1.82, 2.24) is 23.9 Å². The van der Waals surface area contributed by atoms with Gasteiger partial charge in [-0.25, -0.2) is 26.3 Å². The zero-order valence-corrected chi connectivity index (χ0v) is 25.8. The van der Waals surface area contributed by atoms with Crippen molar-refractivity contribution in [3.8, 4) is 0 Å². The monoisotopic (exact) mass is 613 g/mol. The molecule has 13 heteroatoms. The lowest BCUT2D eigenvalue weighted by molar-refractivity contribution is -0.134. The third kappa shape index (κ3) is 8.61. The number of benzene rings is 1. The summed E-state index contributed by atoms with van der Waals surface area (Å²) in [5, 5.41) is 0. The molecule has 1 unspecified atom stereocenters. The van der Waals surface area contributed by atoms with Gasteiger partial charge in [0.25, 0.3) is 0 Å². The summed E-state index contributed by atoms with van der Waals surface area (Å²) in [5.74, 6) is -1.04. The van der Waals surface area contributed by atoms with E-state index >= 15 is 0 Å². The Morgan fingerprint density at radius 1 is 0.929 bits per heavy atom. The van der Waals surface area contributed by atoms with E-state index in [1.54, 1.807) is 4.90 Å². The molecule has 2 amide bonds. The van der Waals surface area contributed by atoms with Crippen molar-refractivity contribution in [2.45, 2.75) is 44.1 Å². The molecule has 0 bridgehead atoms. The summed E-state index contributed by atoms with van der Waals surface area (Å²) in [6.07, 6.45) is 4.62. The molecule has 3 heterocycles. The molecule has 0 aromatic heterocycles. The smallest absolute Gasteiger partial charge is 0.409 e. The minimum Gasteiger partial charge on any atom is -0.453 e. The molecule has 0 N–H and O–H groups in total. The van der Waals surface area contributed by atoms with Crippen LogP contribution in [-0.2, 0) is 19.6 Å². The minimum atomic E-state index is -3.26. The van der Waals surface area contributed by atoms with Crippen LogP contribution >= 0.6 is 0 Å². The van der Waals surface area contributed by atoms with Crippen molar-refractivity contribution in [3.63, 3.8) is 0 Å². The van der Waals surface area contributed by atoms with Crippen molar-refractivity contribution >= 4 is 22.0 Å². The Labute approximate surface area is 248 Å². The van der Waals surface area contributed by atoms with Crippen LogP contribution in [-0.4, -0.2) is 136 Å². The lowest BCUT2D eigenvalue weighted by Gasteiger charge is -2.40. The van der Waals surface area contributed by atoms with Gasteiger partial charge in [0.05, 0.1) is 19.9 Å². The number of rotatable bonds is 9. The normalized spacial score (nSPS) is 21.3. The number of ether oxygens (including phenoxy) is 1. The van der Waals surface area contributed by atoms with E-state index < -0.39 is 21.7 Å². The van der Waals surface area contributed by atoms with Crippen LogP contribution in [0.25, 0.3) is 0 Å². The zero-order valence-electron chi connectivity index (χ0n) is 25.0. The van der Waals surface area contributed by atoms with Gasteiger partial charge >= 0.3 is 6.09 Å². The van der Waals surface area contributed by atoms with Crippen LogP contribution in [0, 0.1) is 17.6 Å². The molecule has 0 spiro atoms. The number of piperazine rings is 1. The van der Waals surface area contributed by atoms with E-state index in [-0.39, 0.29) is 29.9 Å². The lowest BCUT2D eigenvalue weighted by Crippen LogP contribution is -2.53. The van der Waals surface area contributed by atoms with Gasteiger partial charge in [-0.3, -0.25) is 9.69 Å². The van der Waals surface area contributed by atoms with Gasteiger partial charge in [0, 0.05) is 71.5 Å². The summed E-state index contributed by atoms with van der Waals surface area (Å²) in [6.45, 7) is 5.96. The van der Waals surface area contributed by atoms with Crippen LogP contribution in [0.3, 0.4) is 0 Å². The topological polar surface area (TPSA) is 93.7 Å². The third-order valence-corrected chi connectivity index (χ3v) is 10.6. The van der Waals surface area contributed by atoms with Crippen LogP contribution in [0.2, 0.25) is 0 Å². The van der Waals surface area contributed by atoms with Crippen molar-refractivity contribution in [1.29, 1.82) is 0 Å². The second-order valence-electron chi connectivity index (χ2n) is 11.9. The van der Waals surface area contributed by atoms with E-state index in [9.17, 15) is 26.8 Å². The van der Waals surface area contributed by atoms with Gasteiger partial charge in [0.2, 0.25) is 15.9 Å². The van der Waals surface area contributed by atoms with Gasteiger partial charge < -0.3 is 19.4 Å². The van der Waals surface area contributed by atoms with E-state index in [1.807, 2.05) is 11.9 Å². The first-order valence-electron chi connectivity index (χ1n) is 14.9. The molecule has 3 aliphatic rings. The summed E-state index contributed by atoms with van der Waals surface area (Å²) < 4.78 is 58.6. The van der Waals surface area contributed by atoms with Gasteiger partial charge in [-0.1, -0.05) is 0 Å². The van der Waals surface area contributed by atoms with Crippen molar-refractivity contribution in [3.05, 3.63) is 35.4 Å². The van der Waals surface area contributed by atoms with Crippen LogP contribution in [0.15, 0.2) is 18.2 Å². The molecule has 0 aliphatic carbocycles. The molecule has 3 aliphatic heterocycles. The number of methoxy groups -OCH3 is 1. The molecule has 4 rings (SSSR count). The zero-order chi connectivity index (χ0) is 30.4. The summed E-state index contributed by atoms with van der Waals surface area (Å²) >= 11 is 0. The molecule has 1 aromatic rings. The van der Waals surface area contributed by atoms with Crippen LogP contribution in [0.1, 0.15) is 43.6 Å². The third-order valence-electron chi connectivity index (χ3n) is 9.27. The molecule has 42 heavy (non-hydrogen) atoms. The van der Waals surface area contributed by atoms with Gasteiger partial charge in [0.15, 0.2) is 0 Å². The van der Waals surface area contributed by atoms with E-state index in [1.165, 1.54) is 29.8 Å². The number of carbonyl (C=O) groups excluding carboxylic acids is 2. The molecule has 236 valence electrons. The van der Waals surface area contributed by atoms with Gasteiger partial charge in [0.1, 0.15) is 11.6 Å². The summed E-state index contributed by atoms with van der Waals surface area (Å²) in [6, 6.07) is 3.87. The number of hydrogen-bond donors (Lipinski definition) is 0. The first-order chi connectivity index (χ1) is 19.9.